The molecule has 0 fully saturated rings. The van der Waals surface area contributed by atoms with Crippen LogP contribution in [0.1, 0.15) is 35.0 Å². The number of methoxy groups -OCH3 is 1. The number of rotatable bonds is 1. The van der Waals surface area contributed by atoms with Crippen molar-refractivity contribution in [3.8, 4) is 0 Å². The maximum absolute atomic E-state index is 12.7. The van der Waals surface area contributed by atoms with E-state index in [2.05, 4.69) is 5.10 Å². The molecular weight excluding hydrogens is 256 g/mol. The van der Waals surface area contributed by atoms with Crippen LogP contribution in [0.2, 0.25) is 0 Å². The summed E-state index contributed by atoms with van der Waals surface area (Å²) >= 11 is 0. The quantitative estimate of drug-likeness (QED) is 0.588. The van der Waals surface area contributed by atoms with E-state index < -0.39 is 11.4 Å². The topological polar surface area (TPSA) is 60.7 Å². The van der Waals surface area contributed by atoms with Crippen molar-refractivity contribution >= 4 is 17.3 Å². The summed E-state index contributed by atoms with van der Waals surface area (Å²) in [5.74, 6) is -0.663. The number of hydrogen-bond acceptors (Lipinski definition) is 4. The molecule has 1 aliphatic rings. The Morgan fingerprint density at radius 3 is 2.90 bits per heavy atom. The molecule has 20 heavy (non-hydrogen) atoms. The number of esters is 1. The third-order valence-electron chi connectivity index (χ3n) is 4.08. The SMILES string of the molecule is COC(=O)C1(C)CCc2nn3cc(C)ccc3c2C1=O. The number of nitrogens with zero attached hydrogens (tertiary/aromatic N) is 2. The molecule has 1 aliphatic carbocycles. The highest BCUT2D eigenvalue weighted by Gasteiger charge is 2.47. The van der Waals surface area contributed by atoms with Crippen molar-refractivity contribution < 1.29 is 14.3 Å². The van der Waals surface area contributed by atoms with Crippen LogP contribution in [0.15, 0.2) is 18.3 Å². The van der Waals surface area contributed by atoms with Crippen LogP contribution in [0.5, 0.6) is 0 Å². The lowest BCUT2D eigenvalue weighted by Crippen LogP contribution is -2.41. The van der Waals surface area contributed by atoms with Crippen LogP contribution in [0.25, 0.3) is 5.52 Å². The fourth-order valence-electron chi connectivity index (χ4n) is 2.80. The molecule has 3 rings (SSSR count). The fraction of sp³-hybridized carbons (Fsp3) is 0.400. The highest BCUT2D eigenvalue weighted by Crippen LogP contribution is 2.37. The number of carbonyl (C=O) groups is 2. The van der Waals surface area contributed by atoms with Crippen molar-refractivity contribution in [2.75, 3.05) is 7.11 Å². The van der Waals surface area contributed by atoms with Gasteiger partial charge in [0, 0.05) is 6.20 Å². The van der Waals surface area contributed by atoms with Crippen molar-refractivity contribution in [1.82, 2.24) is 9.61 Å². The second-order valence-electron chi connectivity index (χ2n) is 5.51. The predicted octanol–water partition coefficient (Wildman–Crippen LogP) is 1.95. The summed E-state index contributed by atoms with van der Waals surface area (Å²) in [6, 6.07) is 3.82. The largest absolute Gasteiger partial charge is 0.468 e. The number of ether oxygens (including phenoxy) is 1. The summed E-state index contributed by atoms with van der Waals surface area (Å²) in [5, 5.41) is 4.46. The van der Waals surface area contributed by atoms with Gasteiger partial charge in [-0.15, -0.1) is 0 Å². The molecule has 2 aromatic heterocycles. The molecule has 0 aromatic carbocycles. The lowest BCUT2D eigenvalue weighted by Gasteiger charge is -2.28. The van der Waals surface area contributed by atoms with E-state index in [1.54, 1.807) is 11.4 Å². The molecule has 1 unspecified atom stereocenters. The summed E-state index contributed by atoms with van der Waals surface area (Å²) in [6.07, 6.45) is 2.93. The van der Waals surface area contributed by atoms with Crippen LogP contribution in [-0.2, 0) is 16.0 Å². The summed E-state index contributed by atoms with van der Waals surface area (Å²) in [4.78, 5) is 24.7. The van der Waals surface area contributed by atoms with Gasteiger partial charge in [-0.1, -0.05) is 6.07 Å². The lowest BCUT2D eigenvalue weighted by atomic mass is 9.73. The van der Waals surface area contributed by atoms with E-state index in [1.807, 2.05) is 25.3 Å². The molecule has 0 aliphatic heterocycles. The van der Waals surface area contributed by atoms with Gasteiger partial charge in [0.05, 0.1) is 23.9 Å². The number of pyridine rings is 1. The van der Waals surface area contributed by atoms with Crippen LogP contribution in [0.3, 0.4) is 0 Å². The average molecular weight is 272 g/mol. The highest BCUT2D eigenvalue weighted by molar-refractivity contribution is 6.16. The molecule has 0 radical (unpaired) electrons. The molecule has 0 spiro atoms. The minimum absolute atomic E-state index is 0.190. The number of carbonyl (C=O) groups excluding carboxylic acids is 2. The standard InChI is InChI=1S/C15H16N2O3/c1-9-4-5-11-12-10(16-17(11)8-9)6-7-15(2,13(12)18)14(19)20-3/h4-5,8H,6-7H2,1-3H3. The number of aryl methyl sites for hydroxylation is 2. The monoisotopic (exact) mass is 272 g/mol. The van der Waals surface area contributed by atoms with Crippen molar-refractivity contribution in [3.05, 3.63) is 35.2 Å². The molecule has 0 bridgehead atoms. The lowest BCUT2D eigenvalue weighted by molar-refractivity contribution is -0.149. The normalized spacial score (nSPS) is 21.9. The Labute approximate surface area is 116 Å². The van der Waals surface area contributed by atoms with E-state index >= 15 is 0 Å². The Hall–Kier alpha value is -2.17. The smallest absolute Gasteiger partial charge is 0.319 e. The van der Waals surface area contributed by atoms with Crippen molar-refractivity contribution in [2.24, 2.45) is 5.41 Å². The second-order valence-corrected chi connectivity index (χ2v) is 5.51. The van der Waals surface area contributed by atoms with Gasteiger partial charge in [-0.3, -0.25) is 9.59 Å². The fourth-order valence-corrected chi connectivity index (χ4v) is 2.80. The Balaban J connectivity index is 2.20. The maximum atomic E-state index is 12.7. The van der Waals surface area contributed by atoms with E-state index in [0.29, 0.717) is 18.4 Å². The molecule has 2 aromatic rings. The third-order valence-corrected chi connectivity index (χ3v) is 4.08. The number of aromatic nitrogens is 2. The van der Waals surface area contributed by atoms with Gasteiger partial charge in [-0.05, 0) is 38.3 Å². The predicted molar refractivity (Wildman–Crippen MR) is 72.7 cm³/mol. The van der Waals surface area contributed by atoms with E-state index in [4.69, 9.17) is 4.74 Å². The van der Waals surface area contributed by atoms with E-state index in [0.717, 1.165) is 16.8 Å². The van der Waals surface area contributed by atoms with Crippen molar-refractivity contribution in [2.45, 2.75) is 26.7 Å². The van der Waals surface area contributed by atoms with Crippen LogP contribution < -0.4 is 0 Å². The first-order valence-corrected chi connectivity index (χ1v) is 6.58. The zero-order valence-electron chi connectivity index (χ0n) is 11.8. The Morgan fingerprint density at radius 2 is 2.20 bits per heavy atom. The number of hydrogen-bond donors (Lipinski definition) is 0. The molecule has 5 nitrogen and oxygen atoms in total. The maximum Gasteiger partial charge on any atom is 0.319 e. The summed E-state index contributed by atoms with van der Waals surface area (Å²) < 4.78 is 6.52. The van der Waals surface area contributed by atoms with Crippen LogP contribution in [-0.4, -0.2) is 28.5 Å². The second kappa shape index (κ2) is 4.16. The van der Waals surface area contributed by atoms with Gasteiger partial charge in [0.25, 0.3) is 0 Å². The Kier molecular flexibility index (Phi) is 2.67. The van der Waals surface area contributed by atoms with E-state index in [9.17, 15) is 9.59 Å². The average Bonchev–Trinajstić information content (AvgIpc) is 2.80. The number of Topliss-reactive ketones (excluding diaryl/α,β-unsaturated/α-hetero) is 1. The van der Waals surface area contributed by atoms with E-state index in [-0.39, 0.29) is 5.78 Å². The highest BCUT2D eigenvalue weighted by atomic mass is 16.5. The van der Waals surface area contributed by atoms with Gasteiger partial charge in [0.2, 0.25) is 0 Å². The molecule has 5 heteroatoms. The zero-order chi connectivity index (χ0) is 14.5. The van der Waals surface area contributed by atoms with Crippen molar-refractivity contribution in [1.29, 1.82) is 0 Å². The summed E-state index contributed by atoms with van der Waals surface area (Å²) in [6.45, 7) is 3.63. The van der Waals surface area contributed by atoms with Gasteiger partial charge in [0.1, 0.15) is 5.41 Å². The van der Waals surface area contributed by atoms with E-state index in [1.165, 1.54) is 7.11 Å². The molecular formula is C15H16N2O3. The van der Waals surface area contributed by atoms with Crippen LogP contribution in [0, 0.1) is 12.3 Å². The molecule has 1 atom stereocenters. The van der Waals surface area contributed by atoms with Gasteiger partial charge in [-0.25, -0.2) is 4.52 Å². The molecule has 0 N–H and O–H groups in total. The molecule has 0 saturated heterocycles. The minimum atomic E-state index is -1.10. The first-order valence-electron chi connectivity index (χ1n) is 6.58. The summed E-state index contributed by atoms with van der Waals surface area (Å²) in [7, 11) is 1.32. The van der Waals surface area contributed by atoms with Gasteiger partial charge < -0.3 is 4.74 Å². The summed E-state index contributed by atoms with van der Waals surface area (Å²) in [5.41, 5.74) is 2.05. The van der Waals surface area contributed by atoms with Gasteiger partial charge >= 0.3 is 5.97 Å². The van der Waals surface area contributed by atoms with Crippen molar-refractivity contribution in [3.63, 3.8) is 0 Å². The Bertz CT molecular complexity index is 732. The first-order chi connectivity index (χ1) is 9.47. The number of ketones is 1. The molecule has 2 heterocycles. The molecule has 0 amide bonds. The van der Waals surface area contributed by atoms with Gasteiger partial charge in [-0.2, -0.15) is 5.10 Å². The Morgan fingerprint density at radius 1 is 1.45 bits per heavy atom. The van der Waals surface area contributed by atoms with Crippen LogP contribution >= 0.6 is 0 Å². The third kappa shape index (κ3) is 1.59. The minimum Gasteiger partial charge on any atom is -0.468 e. The van der Waals surface area contributed by atoms with Gasteiger partial charge in [0.15, 0.2) is 5.78 Å². The molecule has 104 valence electrons. The zero-order valence-corrected chi connectivity index (χ0v) is 11.8. The first kappa shape index (κ1) is 12.8. The van der Waals surface area contributed by atoms with Crippen LogP contribution in [0.4, 0.5) is 0 Å². The molecule has 0 saturated carbocycles. The number of fused-ring (bicyclic) bond motifs is 3.